The lowest BCUT2D eigenvalue weighted by molar-refractivity contribution is -0.161. The van der Waals surface area contributed by atoms with E-state index in [4.69, 9.17) is 9.47 Å². The topological polar surface area (TPSA) is 64.6 Å². The molecule has 0 aliphatic heterocycles. The van der Waals surface area contributed by atoms with Crippen LogP contribution >= 0.6 is 0 Å². The molecule has 29 heavy (non-hydrogen) atoms. The van der Waals surface area contributed by atoms with Gasteiger partial charge in [0.15, 0.2) is 0 Å². The van der Waals surface area contributed by atoms with Crippen LogP contribution in [0, 0.1) is 5.92 Å². The zero-order valence-electron chi connectivity index (χ0n) is 17.3. The minimum absolute atomic E-state index is 0.000767. The highest BCUT2D eigenvalue weighted by Crippen LogP contribution is 2.37. The molecule has 0 radical (unpaired) electrons. The molecule has 0 saturated heterocycles. The van der Waals surface area contributed by atoms with Crippen LogP contribution in [0.1, 0.15) is 57.9 Å². The number of rotatable bonds is 4. The van der Waals surface area contributed by atoms with Gasteiger partial charge in [0, 0.05) is 5.69 Å². The molecule has 1 aliphatic rings. The molecule has 1 saturated carbocycles. The van der Waals surface area contributed by atoms with Gasteiger partial charge >= 0.3 is 12.1 Å². The van der Waals surface area contributed by atoms with Crippen LogP contribution in [-0.4, -0.2) is 17.7 Å². The van der Waals surface area contributed by atoms with Crippen molar-refractivity contribution in [3.8, 4) is 5.75 Å². The quantitative estimate of drug-likeness (QED) is 0.653. The summed E-state index contributed by atoms with van der Waals surface area (Å²) in [5, 5.41) is 2.74. The summed E-state index contributed by atoms with van der Waals surface area (Å²) in [4.78, 5) is 24.3. The first-order valence-corrected chi connectivity index (χ1v) is 10.2. The average Bonchev–Trinajstić information content (AvgIpc) is 2.68. The predicted octanol–water partition coefficient (Wildman–Crippen LogP) is 5.91. The molecule has 3 rings (SSSR count). The molecule has 0 aromatic heterocycles. The molecule has 2 aromatic carbocycles. The maximum atomic E-state index is 12.3. The summed E-state index contributed by atoms with van der Waals surface area (Å²) >= 11 is 0. The van der Waals surface area contributed by atoms with E-state index in [1.165, 1.54) is 5.56 Å². The Morgan fingerprint density at radius 2 is 1.52 bits per heavy atom. The normalized spacial score (nSPS) is 19.3. The minimum atomic E-state index is -0.512. The second kappa shape index (κ2) is 9.12. The van der Waals surface area contributed by atoms with E-state index in [-0.39, 0.29) is 11.9 Å². The number of esters is 1. The van der Waals surface area contributed by atoms with E-state index in [2.05, 4.69) is 5.32 Å². The van der Waals surface area contributed by atoms with Crippen molar-refractivity contribution >= 4 is 17.7 Å². The third kappa shape index (κ3) is 6.34. The molecule has 154 valence electrons. The SMILES string of the molecule is CC(C)(C)OC(=O)C1CCC(c2ccc(NC(=O)Oc3ccccc3)cc2)CC1. The lowest BCUT2D eigenvalue weighted by atomic mass is 9.78. The standard InChI is InChI=1S/C24H29NO4/c1-24(2,3)29-22(26)19-11-9-17(10-12-19)18-13-15-20(16-14-18)25-23(27)28-21-7-5-4-6-8-21/h4-8,13-17,19H,9-12H2,1-3H3,(H,25,27). The Morgan fingerprint density at radius 3 is 2.10 bits per heavy atom. The molecule has 1 amide bonds. The Labute approximate surface area is 172 Å². The van der Waals surface area contributed by atoms with Gasteiger partial charge in [-0.3, -0.25) is 10.1 Å². The number of benzene rings is 2. The second-order valence-electron chi connectivity index (χ2n) is 8.53. The maximum absolute atomic E-state index is 12.3. The lowest BCUT2D eigenvalue weighted by Crippen LogP contribution is -2.30. The van der Waals surface area contributed by atoms with E-state index in [0.717, 1.165) is 25.7 Å². The number of anilines is 1. The summed E-state index contributed by atoms with van der Waals surface area (Å²) < 4.78 is 10.8. The van der Waals surface area contributed by atoms with Crippen LogP contribution in [0.5, 0.6) is 5.75 Å². The lowest BCUT2D eigenvalue weighted by Gasteiger charge is -2.30. The molecule has 1 fully saturated rings. The molecule has 5 heteroatoms. The predicted molar refractivity (Wildman–Crippen MR) is 113 cm³/mol. The molecule has 1 N–H and O–H groups in total. The van der Waals surface area contributed by atoms with Crippen LogP contribution in [-0.2, 0) is 9.53 Å². The van der Waals surface area contributed by atoms with Crippen molar-refractivity contribution in [2.75, 3.05) is 5.32 Å². The van der Waals surface area contributed by atoms with Gasteiger partial charge in [-0.15, -0.1) is 0 Å². The van der Waals surface area contributed by atoms with E-state index in [9.17, 15) is 9.59 Å². The Hall–Kier alpha value is -2.82. The first kappa shape index (κ1) is 20.9. The Bertz CT molecular complexity index is 816. The number of nitrogens with one attached hydrogen (secondary N) is 1. The molecule has 0 bridgehead atoms. The first-order chi connectivity index (χ1) is 13.8. The Balaban J connectivity index is 1.49. The summed E-state index contributed by atoms with van der Waals surface area (Å²) in [6.07, 6.45) is 3.12. The van der Waals surface area contributed by atoms with Crippen molar-refractivity contribution in [1.82, 2.24) is 0 Å². The first-order valence-electron chi connectivity index (χ1n) is 10.2. The zero-order valence-corrected chi connectivity index (χ0v) is 17.3. The molecule has 0 unspecified atom stereocenters. The smallest absolute Gasteiger partial charge is 0.417 e. The van der Waals surface area contributed by atoms with Gasteiger partial charge in [-0.25, -0.2) is 4.79 Å². The molecule has 0 heterocycles. The van der Waals surface area contributed by atoms with E-state index < -0.39 is 11.7 Å². The van der Waals surface area contributed by atoms with Crippen LogP contribution in [0.15, 0.2) is 54.6 Å². The van der Waals surface area contributed by atoms with Crippen molar-refractivity contribution in [1.29, 1.82) is 0 Å². The maximum Gasteiger partial charge on any atom is 0.417 e. The van der Waals surface area contributed by atoms with E-state index in [0.29, 0.717) is 17.4 Å². The number of hydrogen-bond acceptors (Lipinski definition) is 4. The summed E-state index contributed by atoms with van der Waals surface area (Å²) in [7, 11) is 0. The molecule has 1 aliphatic carbocycles. The number of para-hydroxylation sites is 1. The van der Waals surface area contributed by atoms with Crippen molar-refractivity contribution in [3.05, 3.63) is 60.2 Å². The van der Waals surface area contributed by atoms with Crippen LogP contribution in [0.25, 0.3) is 0 Å². The zero-order chi connectivity index (χ0) is 20.9. The highest BCUT2D eigenvalue weighted by molar-refractivity contribution is 5.86. The fraction of sp³-hybridized carbons (Fsp3) is 0.417. The highest BCUT2D eigenvalue weighted by atomic mass is 16.6. The van der Waals surface area contributed by atoms with Gasteiger partial charge in [-0.2, -0.15) is 0 Å². The van der Waals surface area contributed by atoms with Gasteiger partial charge in [0.05, 0.1) is 5.92 Å². The van der Waals surface area contributed by atoms with Crippen LogP contribution in [0.2, 0.25) is 0 Å². The Kier molecular flexibility index (Phi) is 6.57. The van der Waals surface area contributed by atoms with Crippen molar-refractivity contribution in [2.24, 2.45) is 5.92 Å². The fourth-order valence-corrected chi connectivity index (χ4v) is 3.63. The summed E-state index contributed by atoms with van der Waals surface area (Å²) in [5.41, 5.74) is 1.49. The Morgan fingerprint density at radius 1 is 0.897 bits per heavy atom. The van der Waals surface area contributed by atoms with Crippen molar-refractivity contribution in [2.45, 2.75) is 58.0 Å². The largest absolute Gasteiger partial charge is 0.460 e. The fourth-order valence-electron chi connectivity index (χ4n) is 3.63. The van der Waals surface area contributed by atoms with Crippen molar-refractivity contribution < 1.29 is 19.1 Å². The van der Waals surface area contributed by atoms with Gasteiger partial charge in [0.2, 0.25) is 0 Å². The highest BCUT2D eigenvalue weighted by Gasteiger charge is 2.30. The molecular formula is C24H29NO4. The molecule has 2 aromatic rings. The van der Waals surface area contributed by atoms with E-state index >= 15 is 0 Å². The summed E-state index contributed by atoms with van der Waals surface area (Å²) in [6.45, 7) is 5.71. The van der Waals surface area contributed by atoms with Crippen molar-refractivity contribution in [3.63, 3.8) is 0 Å². The number of hydrogen-bond donors (Lipinski definition) is 1. The number of carbonyl (C=O) groups is 2. The van der Waals surface area contributed by atoms with Gasteiger partial charge < -0.3 is 9.47 Å². The monoisotopic (exact) mass is 395 g/mol. The van der Waals surface area contributed by atoms with Gasteiger partial charge in [0.1, 0.15) is 11.4 Å². The summed E-state index contributed by atoms with van der Waals surface area (Å²) in [6, 6.07) is 16.8. The number of carbonyl (C=O) groups excluding carboxylic acids is 2. The van der Waals surface area contributed by atoms with Crippen LogP contribution in [0.4, 0.5) is 10.5 Å². The van der Waals surface area contributed by atoms with Gasteiger partial charge in [-0.05, 0) is 82.2 Å². The second-order valence-corrected chi connectivity index (χ2v) is 8.53. The molecular weight excluding hydrogens is 366 g/mol. The molecule has 5 nitrogen and oxygen atoms in total. The van der Waals surface area contributed by atoms with Gasteiger partial charge in [-0.1, -0.05) is 30.3 Å². The third-order valence-corrected chi connectivity index (χ3v) is 5.05. The molecule has 0 spiro atoms. The van der Waals surface area contributed by atoms with E-state index in [1.807, 2.05) is 63.2 Å². The van der Waals surface area contributed by atoms with Gasteiger partial charge in [0.25, 0.3) is 0 Å². The van der Waals surface area contributed by atoms with Crippen LogP contribution in [0.3, 0.4) is 0 Å². The van der Waals surface area contributed by atoms with E-state index in [1.54, 1.807) is 12.1 Å². The third-order valence-electron chi connectivity index (χ3n) is 5.05. The molecule has 0 atom stereocenters. The number of amides is 1. The average molecular weight is 395 g/mol. The summed E-state index contributed by atoms with van der Waals surface area (Å²) in [5.74, 6) is 0.856. The van der Waals surface area contributed by atoms with Crippen LogP contribution < -0.4 is 10.1 Å². The minimum Gasteiger partial charge on any atom is -0.460 e. The number of ether oxygens (including phenoxy) is 2.